The van der Waals surface area contributed by atoms with E-state index < -0.39 is 0 Å². The summed E-state index contributed by atoms with van der Waals surface area (Å²) in [5, 5.41) is 11.7. The molecule has 0 aliphatic carbocycles. The van der Waals surface area contributed by atoms with Crippen LogP contribution in [-0.4, -0.2) is 58.3 Å². The van der Waals surface area contributed by atoms with Gasteiger partial charge in [-0.3, -0.25) is 9.69 Å². The Hall–Kier alpha value is -3.26. The minimum atomic E-state index is -0.350. The molecule has 190 valence electrons. The van der Waals surface area contributed by atoms with Crippen LogP contribution in [0.1, 0.15) is 52.9 Å². The van der Waals surface area contributed by atoms with Crippen LogP contribution in [0.5, 0.6) is 0 Å². The van der Waals surface area contributed by atoms with Gasteiger partial charge in [-0.05, 0) is 60.7 Å². The quantitative estimate of drug-likeness (QED) is 0.523. The number of carbonyl (C=O) groups excluding carboxylic acids is 1. The van der Waals surface area contributed by atoms with Crippen LogP contribution in [0.2, 0.25) is 0 Å². The second-order valence-electron chi connectivity index (χ2n) is 9.78. The van der Waals surface area contributed by atoms with Crippen molar-refractivity contribution in [3.05, 3.63) is 76.6 Å². The van der Waals surface area contributed by atoms with Crippen LogP contribution in [0.4, 0.5) is 10.1 Å². The molecular weight excluding hydrogens is 455 g/mol. The van der Waals surface area contributed by atoms with Crippen LogP contribution >= 0.6 is 0 Å². The third-order valence-corrected chi connectivity index (χ3v) is 7.19. The van der Waals surface area contributed by atoms with E-state index in [0.717, 1.165) is 50.8 Å². The highest BCUT2D eigenvalue weighted by Crippen LogP contribution is 2.28. The molecule has 5 rings (SSSR count). The Bertz CT molecular complexity index is 1190. The number of amides is 1. The maximum Gasteiger partial charge on any atom is 0.251 e. The van der Waals surface area contributed by atoms with Gasteiger partial charge in [-0.2, -0.15) is 0 Å². The summed E-state index contributed by atoms with van der Waals surface area (Å²) >= 11 is 0. The molecule has 0 unspecified atom stereocenters. The van der Waals surface area contributed by atoms with Crippen molar-refractivity contribution in [3.8, 4) is 0 Å². The third-order valence-electron chi connectivity index (χ3n) is 7.19. The Morgan fingerprint density at radius 2 is 1.89 bits per heavy atom. The fraction of sp³-hybridized carbons (Fsp3) is 0.464. The van der Waals surface area contributed by atoms with Crippen LogP contribution in [-0.2, 0) is 32.4 Å². The Balaban J connectivity index is 1.15. The summed E-state index contributed by atoms with van der Waals surface area (Å²) < 4.78 is 15.3. The van der Waals surface area contributed by atoms with Crippen LogP contribution in [0.3, 0.4) is 0 Å². The summed E-state index contributed by atoms with van der Waals surface area (Å²) in [6.45, 7) is 8.71. The van der Waals surface area contributed by atoms with Crippen molar-refractivity contribution in [3.63, 3.8) is 0 Å². The lowest BCUT2D eigenvalue weighted by Crippen LogP contribution is -2.30. The zero-order chi connectivity index (χ0) is 24.9. The minimum Gasteiger partial charge on any atom is -0.371 e. The van der Waals surface area contributed by atoms with E-state index in [-0.39, 0.29) is 11.7 Å². The van der Waals surface area contributed by atoms with Crippen molar-refractivity contribution in [1.82, 2.24) is 25.0 Å². The highest BCUT2D eigenvalue weighted by atomic mass is 19.1. The average molecular weight is 491 g/mol. The molecule has 36 heavy (non-hydrogen) atoms. The maximum atomic E-state index is 13.1. The highest BCUT2D eigenvalue weighted by Gasteiger charge is 2.20. The summed E-state index contributed by atoms with van der Waals surface area (Å²) in [6, 6.07) is 12.6. The van der Waals surface area contributed by atoms with Gasteiger partial charge in [0, 0.05) is 69.9 Å². The summed E-state index contributed by atoms with van der Waals surface area (Å²) in [5.41, 5.74) is 4.75. The SMILES string of the molecule is CCCN1CCCc2cc(CN3CCc4nnc(CCNC(=O)c5ccc(F)cc5)n4CC3)ccc21. The lowest BCUT2D eigenvalue weighted by atomic mass is 9.98. The molecule has 1 aromatic heterocycles. The molecule has 1 N–H and O–H groups in total. The van der Waals surface area contributed by atoms with Crippen molar-refractivity contribution in [2.24, 2.45) is 0 Å². The fourth-order valence-corrected chi connectivity index (χ4v) is 5.35. The Morgan fingerprint density at radius 3 is 2.72 bits per heavy atom. The number of carbonyl (C=O) groups is 1. The molecule has 3 aromatic rings. The smallest absolute Gasteiger partial charge is 0.251 e. The molecule has 2 aliphatic rings. The normalized spacial score (nSPS) is 15.8. The zero-order valence-electron chi connectivity index (χ0n) is 21.0. The van der Waals surface area contributed by atoms with Crippen LogP contribution in [0.25, 0.3) is 0 Å². The molecule has 0 atom stereocenters. The predicted octanol–water partition coefficient (Wildman–Crippen LogP) is 3.61. The second-order valence-corrected chi connectivity index (χ2v) is 9.78. The van der Waals surface area contributed by atoms with E-state index in [0.29, 0.717) is 18.5 Å². The minimum absolute atomic E-state index is 0.209. The molecule has 0 saturated heterocycles. The van der Waals surface area contributed by atoms with Gasteiger partial charge in [-0.1, -0.05) is 19.1 Å². The first-order valence-corrected chi connectivity index (χ1v) is 13.1. The van der Waals surface area contributed by atoms with Gasteiger partial charge < -0.3 is 14.8 Å². The lowest BCUT2D eigenvalue weighted by molar-refractivity contribution is 0.0954. The highest BCUT2D eigenvalue weighted by molar-refractivity contribution is 5.94. The zero-order valence-corrected chi connectivity index (χ0v) is 21.0. The third kappa shape index (κ3) is 5.59. The number of aryl methyl sites for hydroxylation is 1. The fourth-order valence-electron chi connectivity index (χ4n) is 5.35. The van der Waals surface area contributed by atoms with Crippen molar-refractivity contribution < 1.29 is 9.18 Å². The number of nitrogens with zero attached hydrogens (tertiary/aromatic N) is 5. The number of anilines is 1. The first-order chi connectivity index (χ1) is 17.6. The van der Waals surface area contributed by atoms with Crippen LogP contribution in [0.15, 0.2) is 42.5 Å². The van der Waals surface area contributed by atoms with E-state index in [1.165, 1.54) is 66.9 Å². The van der Waals surface area contributed by atoms with Crippen LogP contribution in [0, 0.1) is 5.82 Å². The molecule has 0 spiro atoms. The number of halogens is 1. The summed E-state index contributed by atoms with van der Waals surface area (Å²) in [5.74, 6) is 1.35. The van der Waals surface area contributed by atoms with Gasteiger partial charge in [0.25, 0.3) is 5.91 Å². The molecule has 0 saturated carbocycles. The Kier molecular flexibility index (Phi) is 7.60. The number of hydrogen-bond donors (Lipinski definition) is 1. The molecule has 1 amide bonds. The van der Waals surface area contributed by atoms with Gasteiger partial charge in [0.2, 0.25) is 0 Å². The Labute approximate surface area is 212 Å². The van der Waals surface area contributed by atoms with Crippen molar-refractivity contribution in [2.75, 3.05) is 37.6 Å². The number of benzene rings is 2. The first kappa shape index (κ1) is 24.4. The maximum absolute atomic E-state index is 13.1. The predicted molar refractivity (Wildman–Crippen MR) is 139 cm³/mol. The lowest BCUT2D eigenvalue weighted by Gasteiger charge is -2.31. The van der Waals surface area contributed by atoms with Crippen molar-refractivity contribution in [1.29, 1.82) is 0 Å². The summed E-state index contributed by atoms with van der Waals surface area (Å²) in [6.07, 6.45) is 5.07. The first-order valence-electron chi connectivity index (χ1n) is 13.1. The average Bonchev–Trinajstić information content (AvgIpc) is 3.16. The van der Waals surface area contributed by atoms with Crippen LogP contribution < -0.4 is 10.2 Å². The van der Waals surface area contributed by atoms with Gasteiger partial charge >= 0.3 is 0 Å². The van der Waals surface area contributed by atoms with E-state index in [9.17, 15) is 9.18 Å². The van der Waals surface area contributed by atoms with Crippen molar-refractivity contribution in [2.45, 2.75) is 52.1 Å². The van der Waals surface area contributed by atoms with Gasteiger partial charge in [0.1, 0.15) is 17.5 Å². The Morgan fingerprint density at radius 1 is 1.03 bits per heavy atom. The van der Waals surface area contributed by atoms with Gasteiger partial charge in [0.15, 0.2) is 0 Å². The van der Waals surface area contributed by atoms with E-state index in [1.807, 2.05) is 0 Å². The standard InChI is InChI=1S/C28H35FN6O/c1-2-14-34-15-3-4-23-19-21(5-10-25(23)34)20-33-16-12-27-32-31-26(35(27)18-17-33)11-13-30-28(36)22-6-8-24(29)9-7-22/h5-10,19H,2-4,11-18,20H2,1H3,(H,30,36). The largest absolute Gasteiger partial charge is 0.371 e. The van der Waals surface area contributed by atoms with Gasteiger partial charge in [-0.15, -0.1) is 10.2 Å². The number of rotatable bonds is 8. The molecule has 7 nitrogen and oxygen atoms in total. The molecule has 0 radical (unpaired) electrons. The van der Waals surface area contributed by atoms with E-state index >= 15 is 0 Å². The van der Waals surface area contributed by atoms with E-state index in [1.54, 1.807) is 0 Å². The second kappa shape index (κ2) is 11.2. The number of fused-ring (bicyclic) bond motifs is 2. The molecule has 0 fully saturated rings. The molecule has 3 heterocycles. The van der Waals surface area contributed by atoms with Gasteiger partial charge in [-0.25, -0.2) is 4.39 Å². The summed E-state index contributed by atoms with van der Waals surface area (Å²) in [4.78, 5) is 17.3. The molecule has 0 bridgehead atoms. The molecule has 8 heteroatoms. The number of aromatic nitrogens is 3. The molecular formula is C28H35FN6O. The topological polar surface area (TPSA) is 66.3 Å². The number of nitrogens with one attached hydrogen (secondary N) is 1. The van der Waals surface area contributed by atoms with Crippen molar-refractivity contribution >= 4 is 11.6 Å². The molecule has 2 aromatic carbocycles. The monoisotopic (exact) mass is 490 g/mol. The van der Waals surface area contributed by atoms with E-state index in [4.69, 9.17) is 0 Å². The van der Waals surface area contributed by atoms with Gasteiger partial charge in [0.05, 0.1) is 0 Å². The van der Waals surface area contributed by atoms with E-state index in [2.05, 4.69) is 55.0 Å². The summed E-state index contributed by atoms with van der Waals surface area (Å²) in [7, 11) is 0. The number of hydrogen-bond acceptors (Lipinski definition) is 5. The molecule has 2 aliphatic heterocycles.